The van der Waals surface area contributed by atoms with Gasteiger partial charge in [-0.15, -0.1) is 0 Å². The molecule has 0 radical (unpaired) electrons. The molecule has 0 N–H and O–H groups in total. The lowest BCUT2D eigenvalue weighted by atomic mass is 9.99. The maximum absolute atomic E-state index is 12.1. The van der Waals surface area contributed by atoms with E-state index in [-0.39, 0.29) is 11.9 Å². The van der Waals surface area contributed by atoms with E-state index in [4.69, 9.17) is 0 Å². The molecule has 0 bridgehead atoms. The van der Waals surface area contributed by atoms with Crippen LogP contribution in [0.4, 0.5) is 0 Å². The second-order valence-electron chi connectivity index (χ2n) is 5.92. The van der Waals surface area contributed by atoms with E-state index in [0.717, 1.165) is 38.8 Å². The Bertz CT molecular complexity index is 423. The van der Waals surface area contributed by atoms with E-state index in [9.17, 15) is 13.2 Å². The van der Waals surface area contributed by atoms with Gasteiger partial charge < -0.3 is 4.90 Å². The second-order valence-corrected chi connectivity index (χ2v) is 7.85. The molecule has 1 saturated heterocycles. The Labute approximate surface area is 116 Å². The molecule has 6 heteroatoms. The number of sulfonamides is 1. The summed E-state index contributed by atoms with van der Waals surface area (Å²) in [6.45, 7) is 4.19. The Morgan fingerprint density at radius 1 is 1.21 bits per heavy atom. The van der Waals surface area contributed by atoms with Crippen LogP contribution in [0.1, 0.15) is 39.0 Å². The number of amides is 1. The van der Waals surface area contributed by atoms with Crippen molar-refractivity contribution in [2.45, 2.75) is 45.1 Å². The standard InChI is InChI=1S/C13H24N2O3S/c1-11-5-8-14(9-6-11)13(16)7-10-15(12-3-4-12)19(2,17)18/h11-12H,3-10H2,1-2H3. The van der Waals surface area contributed by atoms with E-state index in [2.05, 4.69) is 6.92 Å². The van der Waals surface area contributed by atoms with Crippen LogP contribution in [0, 0.1) is 5.92 Å². The number of hydrogen-bond donors (Lipinski definition) is 0. The van der Waals surface area contributed by atoms with E-state index < -0.39 is 10.0 Å². The molecule has 1 aliphatic carbocycles. The van der Waals surface area contributed by atoms with Gasteiger partial charge in [-0.1, -0.05) is 6.92 Å². The van der Waals surface area contributed by atoms with Crippen molar-refractivity contribution in [3.63, 3.8) is 0 Å². The number of carbonyl (C=O) groups excluding carboxylic acids is 1. The molecular formula is C13H24N2O3S. The van der Waals surface area contributed by atoms with Crippen LogP contribution >= 0.6 is 0 Å². The van der Waals surface area contributed by atoms with Gasteiger partial charge in [-0.2, -0.15) is 4.31 Å². The molecule has 0 atom stereocenters. The first kappa shape index (κ1) is 14.8. The van der Waals surface area contributed by atoms with Crippen LogP contribution in [0.5, 0.6) is 0 Å². The fourth-order valence-electron chi connectivity index (χ4n) is 2.60. The smallest absolute Gasteiger partial charge is 0.223 e. The van der Waals surface area contributed by atoms with Crippen LogP contribution in [-0.2, 0) is 14.8 Å². The van der Waals surface area contributed by atoms with E-state index in [1.54, 1.807) is 0 Å². The predicted octanol–water partition coefficient (Wildman–Crippen LogP) is 1.06. The first-order valence-electron chi connectivity index (χ1n) is 7.12. The summed E-state index contributed by atoms with van der Waals surface area (Å²) in [5.74, 6) is 0.796. The quantitative estimate of drug-likeness (QED) is 0.760. The molecule has 1 amide bonds. The summed E-state index contributed by atoms with van der Waals surface area (Å²) < 4.78 is 24.8. The number of nitrogens with zero attached hydrogens (tertiary/aromatic N) is 2. The van der Waals surface area contributed by atoms with E-state index in [0.29, 0.717) is 18.9 Å². The van der Waals surface area contributed by atoms with Gasteiger partial charge >= 0.3 is 0 Å². The van der Waals surface area contributed by atoms with Crippen molar-refractivity contribution < 1.29 is 13.2 Å². The fourth-order valence-corrected chi connectivity index (χ4v) is 3.78. The first-order valence-corrected chi connectivity index (χ1v) is 8.97. The summed E-state index contributed by atoms with van der Waals surface area (Å²) >= 11 is 0. The molecule has 1 saturated carbocycles. The molecule has 0 spiro atoms. The zero-order valence-corrected chi connectivity index (χ0v) is 12.7. The Hall–Kier alpha value is -0.620. The normalized spacial score (nSPS) is 21.9. The van der Waals surface area contributed by atoms with Crippen LogP contribution in [0.25, 0.3) is 0 Å². The Morgan fingerprint density at radius 3 is 2.26 bits per heavy atom. The Morgan fingerprint density at radius 2 is 1.79 bits per heavy atom. The van der Waals surface area contributed by atoms with Crippen molar-refractivity contribution in [1.29, 1.82) is 0 Å². The molecule has 2 rings (SSSR count). The molecule has 0 unspecified atom stereocenters. The molecular weight excluding hydrogens is 264 g/mol. The highest BCUT2D eigenvalue weighted by atomic mass is 32.2. The predicted molar refractivity (Wildman–Crippen MR) is 74.2 cm³/mol. The van der Waals surface area contributed by atoms with Crippen molar-refractivity contribution >= 4 is 15.9 Å². The molecule has 1 aliphatic heterocycles. The molecule has 1 heterocycles. The third kappa shape index (κ3) is 4.18. The monoisotopic (exact) mass is 288 g/mol. The summed E-state index contributed by atoms with van der Waals surface area (Å²) in [4.78, 5) is 14.0. The summed E-state index contributed by atoms with van der Waals surface area (Å²) in [6.07, 6.45) is 5.54. The number of hydrogen-bond acceptors (Lipinski definition) is 3. The third-order valence-corrected chi connectivity index (χ3v) is 5.40. The van der Waals surface area contributed by atoms with E-state index in [1.807, 2.05) is 4.90 Å². The Balaban J connectivity index is 1.82. The molecule has 19 heavy (non-hydrogen) atoms. The maximum Gasteiger partial charge on any atom is 0.223 e. The summed E-state index contributed by atoms with van der Waals surface area (Å²) in [7, 11) is -3.17. The number of piperidine rings is 1. The number of rotatable bonds is 5. The molecule has 2 aliphatic rings. The minimum absolute atomic E-state index is 0.0983. The molecule has 110 valence electrons. The van der Waals surface area contributed by atoms with Crippen LogP contribution in [-0.4, -0.2) is 55.5 Å². The second kappa shape index (κ2) is 5.79. The highest BCUT2D eigenvalue weighted by molar-refractivity contribution is 7.88. The summed E-state index contributed by atoms with van der Waals surface area (Å²) in [5, 5.41) is 0. The lowest BCUT2D eigenvalue weighted by Gasteiger charge is -2.31. The van der Waals surface area contributed by atoms with Crippen molar-refractivity contribution in [2.24, 2.45) is 5.92 Å². The molecule has 0 aromatic heterocycles. The van der Waals surface area contributed by atoms with E-state index in [1.165, 1.54) is 10.6 Å². The maximum atomic E-state index is 12.1. The highest BCUT2D eigenvalue weighted by Gasteiger charge is 2.35. The fraction of sp³-hybridized carbons (Fsp3) is 0.923. The minimum atomic E-state index is -3.17. The summed E-state index contributed by atoms with van der Waals surface area (Å²) in [5.41, 5.74) is 0. The van der Waals surface area contributed by atoms with Crippen LogP contribution < -0.4 is 0 Å². The zero-order chi connectivity index (χ0) is 14.0. The molecule has 0 aromatic carbocycles. The minimum Gasteiger partial charge on any atom is -0.343 e. The number of likely N-dealkylation sites (tertiary alicyclic amines) is 1. The van der Waals surface area contributed by atoms with Crippen molar-refractivity contribution in [2.75, 3.05) is 25.9 Å². The number of carbonyl (C=O) groups is 1. The first-order chi connectivity index (χ1) is 8.88. The zero-order valence-electron chi connectivity index (χ0n) is 11.8. The van der Waals surface area contributed by atoms with Crippen LogP contribution in [0.15, 0.2) is 0 Å². The average Bonchev–Trinajstić information content (AvgIpc) is 3.12. The van der Waals surface area contributed by atoms with Gasteiger partial charge in [0.05, 0.1) is 6.26 Å². The van der Waals surface area contributed by atoms with Crippen molar-refractivity contribution in [3.8, 4) is 0 Å². The van der Waals surface area contributed by atoms with Crippen molar-refractivity contribution in [1.82, 2.24) is 9.21 Å². The highest BCUT2D eigenvalue weighted by Crippen LogP contribution is 2.29. The topological polar surface area (TPSA) is 57.7 Å². The average molecular weight is 288 g/mol. The van der Waals surface area contributed by atoms with Gasteiger partial charge in [0.15, 0.2) is 0 Å². The lowest BCUT2D eigenvalue weighted by molar-refractivity contribution is -0.132. The largest absolute Gasteiger partial charge is 0.343 e. The molecule has 5 nitrogen and oxygen atoms in total. The van der Waals surface area contributed by atoms with Crippen molar-refractivity contribution in [3.05, 3.63) is 0 Å². The van der Waals surface area contributed by atoms with Gasteiger partial charge in [-0.05, 0) is 31.6 Å². The van der Waals surface area contributed by atoms with Gasteiger partial charge in [0, 0.05) is 32.1 Å². The van der Waals surface area contributed by atoms with Gasteiger partial charge in [0.2, 0.25) is 15.9 Å². The lowest BCUT2D eigenvalue weighted by Crippen LogP contribution is -2.41. The van der Waals surface area contributed by atoms with E-state index >= 15 is 0 Å². The van der Waals surface area contributed by atoms with Crippen LogP contribution in [0.3, 0.4) is 0 Å². The van der Waals surface area contributed by atoms with Gasteiger partial charge in [-0.25, -0.2) is 8.42 Å². The third-order valence-electron chi connectivity index (χ3n) is 4.06. The van der Waals surface area contributed by atoms with Gasteiger partial charge in [0.1, 0.15) is 0 Å². The van der Waals surface area contributed by atoms with Gasteiger partial charge in [-0.3, -0.25) is 4.79 Å². The SMILES string of the molecule is CC1CCN(C(=O)CCN(C2CC2)S(C)(=O)=O)CC1. The molecule has 2 fully saturated rings. The Kier molecular flexibility index (Phi) is 4.50. The summed E-state index contributed by atoms with van der Waals surface area (Å²) in [6, 6.07) is 0.143. The molecule has 0 aromatic rings. The van der Waals surface area contributed by atoms with Gasteiger partial charge in [0.25, 0.3) is 0 Å². The van der Waals surface area contributed by atoms with Crippen LogP contribution in [0.2, 0.25) is 0 Å².